The van der Waals surface area contributed by atoms with Gasteiger partial charge in [-0.15, -0.1) is 0 Å². The zero-order valence-electron chi connectivity index (χ0n) is 12.3. The van der Waals surface area contributed by atoms with Crippen molar-refractivity contribution in [3.63, 3.8) is 0 Å². The monoisotopic (exact) mass is 281 g/mol. The number of imide groups is 1. The quantitative estimate of drug-likeness (QED) is 0.723. The maximum absolute atomic E-state index is 12.1. The third kappa shape index (κ3) is 2.27. The van der Waals surface area contributed by atoms with Crippen LogP contribution >= 0.6 is 0 Å². The first-order valence-electron chi connectivity index (χ1n) is 7.69. The molecular weight excluding hydrogens is 258 g/mol. The largest absolute Gasteiger partial charge is 0.347 e. The first-order chi connectivity index (χ1) is 9.52. The molecule has 5 nitrogen and oxygen atoms in total. The van der Waals surface area contributed by atoms with Crippen LogP contribution in [-0.2, 0) is 19.1 Å². The SMILES string of the molecule is CC1C(=O)N(CC2COC3(CCCCC3)O2)C(=O)C1C. The normalized spacial score (nSPS) is 37.1. The Balaban J connectivity index is 1.62. The standard InChI is InChI=1S/C15H23NO4/c1-10-11(2)14(18)16(13(10)17)8-12-9-19-15(20-12)6-4-3-5-7-15/h10-12H,3-9H2,1-2H3. The summed E-state index contributed by atoms with van der Waals surface area (Å²) < 4.78 is 11.9. The molecule has 112 valence electrons. The average molecular weight is 281 g/mol. The molecule has 5 heteroatoms. The Morgan fingerprint density at radius 2 is 1.70 bits per heavy atom. The number of nitrogens with zero attached hydrogens (tertiary/aromatic N) is 1. The third-order valence-corrected chi connectivity index (χ3v) is 4.98. The van der Waals surface area contributed by atoms with Crippen molar-refractivity contribution < 1.29 is 19.1 Å². The van der Waals surface area contributed by atoms with E-state index in [1.165, 1.54) is 11.3 Å². The summed E-state index contributed by atoms with van der Waals surface area (Å²) in [5.74, 6) is -1.01. The van der Waals surface area contributed by atoms with Gasteiger partial charge in [0.2, 0.25) is 11.8 Å². The highest BCUT2D eigenvalue weighted by Crippen LogP contribution is 2.38. The van der Waals surface area contributed by atoms with E-state index in [1.54, 1.807) is 0 Å². The molecule has 0 bridgehead atoms. The number of ether oxygens (including phenoxy) is 2. The summed E-state index contributed by atoms with van der Waals surface area (Å²) >= 11 is 0. The Morgan fingerprint density at radius 1 is 1.10 bits per heavy atom. The molecule has 2 heterocycles. The van der Waals surface area contributed by atoms with E-state index in [9.17, 15) is 9.59 Å². The Kier molecular flexibility index (Phi) is 3.58. The first-order valence-corrected chi connectivity index (χ1v) is 7.69. The lowest BCUT2D eigenvalue weighted by Crippen LogP contribution is -2.40. The number of amides is 2. The number of hydrogen-bond donors (Lipinski definition) is 0. The highest BCUT2D eigenvalue weighted by Gasteiger charge is 2.47. The predicted octanol–water partition coefficient (Wildman–Crippen LogP) is 1.70. The number of rotatable bonds is 2. The lowest BCUT2D eigenvalue weighted by atomic mass is 9.94. The lowest BCUT2D eigenvalue weighted by Gasteiger charge is -2.32. The van der Waals surface area contributed by atoms with Crippen molar-refractivity contribution in [1.29, 1.82) is 0 Å². The third-order valence-electron chi connectivity index (χ3n) is 4.98. The van der Waals surface area contributed by atoms with Gasteiger partial charge in [0.1, 0.15) is 6.10 Å². The molecule has 1 saturated carbocycles. The van der Waals surface area contributed by atoms with Crippen LogP contribution in [0.25, 0.3) is 0 Å². The van der Waals surface area contributed by atoms with Crippen LogP contribution in [0, 0.1) is 11.8 Å². The molecule has 3 atom stereocenters. The van der Waals surface area contributed by atoms with E-state index in [2.05, 4.69) is 0 Å². The molecule has 20 heavy (non-hydrogen) atoms. The van der Waals surface area contributed by atoms with Crippen molar-refractivity contribution in [3.05, 3.63) is 0 Å². The maximum atomic E-state index is 12.1. The van der Waals surface area contributed by atoms with Gasteiger partial charge in [-0.1, -0.05) is 20.3 Å². The number of carbonyl (C=O) groups excluding carboxylic acids is 2. The van der Waals surface area contributed by atoms with Gasteiger partial charge in [0.05, 0.1) is 13.2 Å². The number of likely N-dealkylation sites (tertiary alicyclic amines) is 1. The minimum Gasteiger partial charge on any atom is -0.347 e. The van der Waals surface area contributed by atoms with Crippen molar-refractivity contribution in [3.8, 4) is 0 Å². The first kappa shape index (κ1) is 14.0. The molecule has 0 N–H and O–H groups in total. The van der Waals surface area contributed by atoms with Crippen LogP contribution in [0.1, 0.15) is 46.0 Å². The van der Waals surface area contributed by atoms with Gasteiger partial charge in [-0.2, -0.15) is 0 Å². The summed E-state index contributed by atoms with van der Waals surface area (Å²) in [4.78, 5) is 25.5. The fourth-order valence-electron chi connectivity index (χ4n) is 3.47. The molecular formula is C15H23NO4. The summed E-state index contributed by atoms with van der Waals surface area (Å²) in [6, 6.07) is 0. The van der Waals surface area contributed by atoms with Crippen molar-refractivity contribution >= 4 is 11.8 Å². The molecule has 3 unspecified atom stereocenters. The molecule has 1 aliphatic carbocycles. The Morgan fingerprint density at radius 3 is 2.30 bits per heavy atom. The second kappa shape index (κ2) is 5.11. The Hall–Kier alpha value is -0.940. The van der Waals surface area contributed by atoms with Gasteiger partial charge >= 0.3 is 0 Å². The fraction of sp³-hybridized carbons (Fsp3) is 0.867. The summed E-state index contributed by atoms with van der Waals surface area (Å²) in [5.41, 5.74) is 0. The highest BCUT2D eigenvalue weighted by molar-refractivity contribution is 6.04. The second-order valence-electron chi connectivity index (χ2n) is 6.39. The van der Waals surface area contributed by atoms with Crippen LogP contribution in [0.15, 0.2) is 0 Å². The molecule has 3 rings (SSSR count). The molecule has 3 fully saturated rings. The number of hydrogen-bond acceptors (Lipinski definition) is 4. The summed E-state index contributed by atoms with van der Waals surface area (Å²) in [5, 5.41) is 0. The van der Waals surface area contributed by atoms with E-state index in [0.29, 0.717) is 13.2 Å². The molecule has 0 aromatic rings. The zero-order valence-corrected chi connectivity index (χ0v) is 12.3. The van der Waals surface area contributed by atoms with E-state index in [-0.39, 0.29) is 29.8 Å². The van der Waals surface area contributed by atoms with Crippen LogP contribution < -0.4 is 0 Å². The molecule has 2 amide bonds. The van der Waals surface area contributed by atoms with Gasteiger partial charge in [-0.25, -0.2) is 0 Å². The molecule has 3 aliphatic rings. The van der Waals surface area contributed by atoms with Crippen molar-refractivity contribution in [2.75, 3.05) is 13.2 Å². The van der Waals surface area contributed by atoms with Crippen LogP contribution in [0.3, 0.4) is 0 Å². The summed E-state index contributed by atoms with van der Waals surface area (Å²) in [6.07, 6.45) is 5.18. The van der Waals surface area contributed by atoms with Crippen molar-refractivity contribution in [1.82, 2.24) is 4.90 Å². The van der Waals surface area contributed by atoms with Gasteiger partial charge in [0.15, 0.2) is 5.79 Å². The molecule has 1 spiro atoms. The van der Waals surface area contributed by atoms with Crippen LogP contribution in [0.5, 0.6) is 0 Å². The Bertz CT molecular complexity index is 396. The molecule has 0 aromatic carbocycles. The van der Waals surface area contributed by atoms with E-state index in [1.807, 2.05) is 13.8 Å². The molecule has 2 aliphatic heterocycles. The topological polar surface area (TPSA) is 55.8 Å². The van der Waals surface area contributed by atoms with E-state index >= 15 is 0 Å². The van der Waals surface area contributed by atoms with Crippen LogP contribution in [0.2, 0.25) is 0 Å². The Labute approximate surface area is 119 Å². The predicted molar refractivity (Wildman–Crippen MR) is 71.7 cm³/mol. The summed E-state index contributed by atoms with van der Waals surface area (Å²) in [7, 11) is 0. The van der Waals surface area contributed by atoms with Gasteiger partial charge in [0, 0.05) is 24.7 Å². The van der Waals surface area contributed by atoms with E-state index in [4.69, 9.17) is 9.47 Å². The van der Waals surface area contributed by atoms with Crippen LogP contribution in [0.4, 0.5) is 0 Å². The smallest absolute Gasteiger partial charge is 0.232 e. The molecule has 2 saturated heterocycles. The molecule has 0 radical (unpaired) electrons. The van der Waals surface area contributed by atoms with Crippen molar-refractivity contribution in [2.45, 2.75) is 57.8 Å². The van der Waals surface area contributed by atoms with Gasteiger partial charge in [0.25, 0.3) is 0 Å². The fourth-order valence-corrected chi connectivity index (χ4v) is 3.47. The second-order valence-corrected chi connectivity index (χ2v) is 6.39. The number of carbonyl (C=O) groups is 2. The minimum absolute atomic E-state index is 0.0734. The zero-order chi connectivity index (χ0) is 14.3. The average Bonchev–Trinajstić information content (AvgIpc) is 2.91. The van der Waals surface area contributed by atoms with Crippen molar-refractivity contribution in [2.24, 2.45) is 11.8 Å². The van der Waals surface area contributed by atoms with Gasteiger partial charge in [-0.3, -0.25) is 14.5 Å². The van der Waals surface area contributed by atoms with Crippen LogP contribution in [-0.4, -0.2) is 41.8 Å². The minimum atomic E-state index is -0.439. The highest BCUT2D eigenvalue weighted by atomic mass is 16.7. The maximum Gasteiger partial charge on any atom is 0.232 e. The van der Waals surface area contributed by atoms with Gasteiger partial charge < -0.3 is 9.47 Å². The lowest BCUT2D eigenvalue weighted by molar-refractivity contribution is -0.189. The van der Waals surface area contributed by atoms with E-state index < -0.39 is 5.79 Å². The molecule has 0 aromatic heterocycles. The van der Waals surface area contributed by atoms with E-state index in [0.717, 1.165) is 25.7 Å². The summed E-state index contributed by atoms with van der Waals surface area (Å²) in [6.45, 7) is 4.47. The van der Waals surface area contributed by atoms with Gasteiger partial charge in [-0.05, 0) is 12.8 Å².